The standard InChI is InChI=1S/C18H18N4O4S/c1-10-15-11(17(23)22-5-6-26-9-13(22)18(24)25)8-12(14-4-3-7-27-14)19-16(15)21(2)20-10/h3-4,7-8,13H,5-6,9H2,1-2H3,(H,24,25). The van der Waals surface area contributed by atoms with Crippen LogP contribution in [0.2, 0.25) is 0 Å². The fourth-order valence-electron chi connectivity index (χ4n) is 3.37. The topological polar surface area (TPSA) is 97.5 Å². The van der Waals surface area contributed by atoms with Crippen molar-refractivity contribution in [3.63, 3.8) is 0 Å². The van der Waals surface area contributed by atoms with Crippen LogP contribution >= 0.6 is 11.3 Å². The minimum absolute atomic E-state index is 0.0148. The quantitative estimate of drug-likeness (QED) is 0.739. The predicted molar refractivity (Wildman–Crippen MR) is 99.8 cm³/mol. The highest BCUT2D eigenvalue weighted by atomic mass is 32.1. The zero-order valence-electron chi connectivity index (χ0n) is 14.9. The summed E-state index contributed by atoms with van der Waals surface area (Å²) in [6, 6.07) is 4.59. The first-order valence-electron chi connectivity index (χ1n) is 8.47. The van der Waals surface area contributed by atoms with Crippen LogP contribution in [0, 0.1) is 6.92 Å². The van der Waals surface area contributed by atoms with Gasteiger partial charge in [0.1, 0.15) is 0 Å². The SMILES string of the molecule is Cc1nn(C)c2nc(-c3cccs3)cc(C(=O)N3CCOCC3C(=O)O)c12. The number of carbonyl (C=O) groups is 2. The Bertz CT molecular complexity index is 1030. The first-order chi connectivity index (χ1) is 13.0. The lowest BCUT2D eigenvalue weighted by Gasteiger charge is -2.33. The third kappa shape index (κ3) is 2.98. The number of fused-ring (bicyclic) bond motifs is 1. The van der Waals surface area contributed by atoms with Gasteiger partial charge in [-0.15, -0.1) is 11.3 Å². The Morgan fingerprint density at radius 3 is 2.93 bits per heavy atom. The second-order valence-electron chi connectivity index (χ2n) is 6.37. The van der Waals surface area contributed by atoms with Crippen LogP contribution in [0.5, 0.6) is 0 Å². The number of morpholine rings is 1. The Labute approximate surface area is 159 Å². The van der Waals surface area contributed by atoms with Crippen molar-refractivity contribution < 1.29 is 19.4 Å². The molecule has 1 fully saturated rings. The van der Waals surface area contributed by atoms with E-state index in [4.69, 9.17) is 4.74 Å². The van der Waals surface area contributed by atoms with E-state index in [1.807, 2.05) is 24.4 Å². The molecule has 0 spiro atoms. The molecule has 8 nitrogen and oxygen atoms in total. The van der Waals surface area contributed by atoms with E-state index in [9.17, 15) is 14.7 Å². The van der Waals surface area contributed by atoms with Crippen molar-refractivity contribution in [3.8, 4) is 10.6 Å². The molecule has 1 aliphatic heterocycles. The average Bonchev–Trinajstić information content (AvgIpc) is 3.29. The summed E-state index contributed by atoms with van der Waals surface area (Å²) in [6.45, 7) is 2.35. The number of nitrogens with zero attached hydrogens (tertiary/aromatic N) is 4. The van der Waals surface area contributed by atoms with Crippen molar-refractivity contribution in [2.45, 2.75) is 13.0 Å². The Morgan fingerprint density at radius 2 is 2.22 bits per heavy atom. The fraction of sp³-hybridized carbons (Fsp3) is 0.333. The molecule has 4 heterocycles. The van der Waals surface area contributed by atoms with E-state index in [1.54, 1.807) is 17.8 Å². The molecule has 0 saturated carbocycles. The minimum Gasteiger partial charge on any atom is -0.480 e. The van der Waals surface area contributed by atoms with E-state index in [-0.39, 0.29) is 19.1 Å². The van der Waals surface area contributed by atoms with Gasteiger partial charge in [-0.05, 0) is 24.4 Å². The van der Waals surface area contributed by atoms with E-state index < -0.39 is 12.0 Å². The van der Waals surface area contributed by atoms with Crippen LogP contribution in [-0.4, -0.2) is 62.4 Å². The van der Waals surface area contributed by atoms with E-state index in [0.717, 1.165) is 4.88 Å². The number of aryl methyl sites for hydroxylation is 2. The first-order valence-corrected chi connectivity index (χ1v) is 9.35. The number of hydrogen-bond donors (Lipinski definition) is 1. The van der Waals surface area contributed by atoms with Gasteiger partial charge >= 0.3 is 5.97 Å². The number of amides is 1. The molecule has 140 valence electrons. The zero-order chi connectivity index (χ0) is 19.1. The summed E-state index contributed by atoms with van der Waals surface area (Å²) in [4.78, 5) is 31.9. The summed E-state index contributed by atoms with van der Waals surface area (Å²) in [7, 11) is 1.78. The van der Waals surface area contributed by atoms with Crippen molar-refractivity contribution in [2.24, 2.45) is 7.05 Å². The number of aromatic nitrogens is 3. The molecule has 0 bridgehead atoms. The van der Waals surface area contributed by atoms with Crippen molar-refractivity contribution in [1.29, 1.82) is 0 Å². The van der Waals surface area contributed by atoms with E-state index in [1.165, 1.54) is 16.2 Å². The molecular weight excluding hydrogens is 368 g/mol. The maximum Gasteiger partial charge on any atom is 0.328 e. The maximum atomic E-state index is 13.4. The van der Waals surface area contributed by atoms with E-state index in [0.29, 0.717) is 34.6 Å². The molecule has 3 aromatic heterocycles. The van der Waals surface area contributed by atoms with Gasteiger partial charge in [-0.1, -0.05) is 6.07 Å². The van der Waals surface area contributed by atoms with E-state index in [2.05, 4.69) is 10.1 Å². The predicted octanol–water partition coefficient (Wildman–Crippen LogP) is 1.93. The normalized spacial score (nSPS) is 17.4. The van der Waals surface area contributed by atoms with Gasteiger partial charge < -0.3 is 14.7 Å². The summed E-state index contributed by atoms with van der Waals surface area (Å²) >= 11 is 1.53. The molecular formula is C18H18N4O4S. The summed E-state index contributed by atoms with van der Waals surface area (Å²) in [6.07, 6.45) is 0. The Kier molecular flexibility index (Phi) is 4.40. The van der Waals surface area contributed by atoms with E-state index >= 15 is 0 Å². The van der Waals surface area contributed by atoms with Gasteiger partial charge in [-0.2, -0.15) is 5.10 Å². The van der Waals surface area contributed by atoms with Crippen LogP contribution in [0.3, 0.4) is 0 Å². The van der Waals surface area contributed by atoms with Crippen molar-refractivity contribution in [3.05, 3.63) is 34.8 Å². The van der Waals surface area contributed by atoms with Crippen LogP contribution in [0.15, 0.2) is 23.6 Å². The average molecular weight is 386 g/mol. The van der Waals surface area contributed by atoms with Gasteiger partial charge in [-0.25, -0.2) is 9.78 Å². The smallest absolute Gasteiger partial charge is 0.328 e. The van der Waals surface area contributed by atoms with Crippen molar-refractivity contribution >= 4 is 34.2 Å². The number of aliphatic carboxylic acids is 1. The van der Waals surface area contributed by atoms with Gasteiger partial charge in [-0.3, -0.25) is 9.48 Å². The molecule has 1 aliphatic rings. The summed E-state index contributed by atoms with van der Waals surface area (Å²) in [5, 5.41) is 16.5. The van der Waals surface area contributed by atoms with Crippen LogP contribution in [0.1, 0.15) is 16.1 Å². The van der Waals surface area contributed by atoms with Crippen LogP contribution in [0.4, 0.5) is 0 Å². The second kappa shape index (κ2) is 6.75. The summed E-state index contributed by atoms with van der Waals surface area (Å²) in [5.41, 5.74) is 2.37. The van der Waals surface area contributed by atoms with Gasteiger partial charge in [0.25, 0.3) is 5.91 Å². The van der Waals surface area contributed by atoms with Gasteiger partial charge in [0.15, 0.2) is 11.7 Å². The van der Waals surface area contributed by atoms with Crippen molar-refractivity contribution in [2.75, 3.05) is 19.8 Å². The third-order valence-electron chi connectivity index (χ3n) is 4.65. The molecule has 9 heteroatoms. The number of pyridine rings is 1. The monoisotopic (exact) mass is 386 g/mol. The van der Waals surface area contributed by atoms with Crippen LogP contribution in [0.25, 0.3) is 21.6 Å². The molecule has 1 unspecified atom stereocenters. The number of carboxylic acid groups (broad SMARTS) is 1. The Morgan fingerprint density at radius 1 is 1.41 bits per heavy atom. The summed E-state index contributed by atoms with van der Waals surface area (Å²) < 4.78 is 6.90. The maximum absolute atomic E-state index is 13.4. The number of ether oxygens (including phenoxy) is 1. The molecule has 1 atom stereocenters. The lowest BCUT2D eigenvalue weighted by atomic mass is 10.1. The molecule has 0 aliphatic carbocycles. The summed E-state index contributed by atoms with van der Waals surface area (Å²) in [5.74, 6) is -1.42. The Balaban J connectivity index is 1.89. The van der Waals surface area contributed by atoms with Gasteiger partial charge in [0.05, 0.1) is 40.4 Å². The number of carbonyl (C=O) groups excluding carboxylic acids is 1. The molecule has 1 N–H and O–H groups in total. The number of hydrogen-bond acceptors (Lipinski definition) is 6. The van der Waals surface area contributed by atoms with Gasteiger partial charge in [0.2, 0.25) is 0 Å². The molecule has 0 radical (unpaired) electrons. The molecule has 27 heavy (non-hydrogen) atoms. The molecule has 1 amide bonds. The lowest BCUT2D eigenvalue weighted by molar-refractivity contribution is -0.147. The molecule has 4 rings (SSSR count). The minimum atomic E-state index is -1.07. The number of thiophene rings is 1. The second-order valence-corrected chi connectivity index (χ2v) is 7.32. The highest BCUT2D eigenvalue weighted by Gasteiger charge is 2.34. The lowest BCUT2D eigenvalue weighted by Crippen LogP contribution is -2.52. The van der Waals surface area contributed by atoms with Crippen molar-refractivity contribution in [1.82, 2.24) is 19.7 Å². The molecule has 1 saturated heterocycles. The Hall–Kier alpha value is -2.78. The molecule has 0 aromatic carbocycles. The fourth-order valence-corrected chi connectivity index (χ4v) is 4.06. The molecule has 3 aromatic rings. The largest absolute Gasteiger partial charge is 0.480 e. The highest BCUT2D eigenvalue weighted by molar-refractivity contribution is 7.13. The van der Waals surface area contributed by atoms with Crippen LogP contribution < -0.4 is 0 Å². The number of carboxylic acids is 1. The zero-order valence-corrected chi connectivity index (χ0v) is 15.7. The first kappa shape index (κ1) is 17.6. The third-order valence-corrected chi connectivity index (χ3v) is 5.54. The van der Waals surface area contributed by atoms with Gasteiger partial charge in [0, 0.05) is 13.6 Å². The van der Waals surface area contributed by atoms with Crippen LogP contribution in [-0.2, 0) is 16.6 Å². The highest BCUT2D eigenvalue weighted by Crippen LogP contribution is 2.30. The number of rotatable bonds is 3.